The van der Waals surface area contributed by atoms with E-state index in [1.165, 1.54) is 4.57 Å². The Balaban J connectivity index is 1.75. The summed E-state index contributed by atoms with van der Waals surface area (Å²) in [6.07, 6.45) is 1.79. The fourth-order valence-corrected chi connectivity index (χ4v) is 3.43. The number of carbonyl (C=O) groups excluding carboxylic acids is 1. The fraction of sp³-hybridized carbons (Fsp3) is 0.400. The number of para-hydroxylation sites is 1. The molecule has 1 N–H and O–H groups in total. The van der Waals surface area contributed by atoms with Crippen molar-refractivity contribution < 1.29 is 14.3 Å². The first-order valence-electron chi connectivity index (χ1n) is 11.1. The van der Waals surface area contributed by atoms with Crippen LogP contribution in [0.4, 0.5) is 0 Å². The molecule has 0 aliphatic heterocycles. The summed E-state index contributed by atoms with van der Waals surface area (Å²) in [6.45, 7) is 8.84. The molecular formula is C25H31N3O4. The molecule has 0 saturated carbocycles. The minimum absolute atomic E-state index is 0.0935. The molecule has 1 amide bonds. The highest BCUT2D eigenvalue weighted by atomic mass is 16.5. The molecule has 2 aromatic carbocycles. The van der Waals surface area contributed by atoms with Crippen LogP contribution in [0.15, 0.2) is 47.3 Å². The van der Waals surface area contributed by atoms with Crippen LogP contribution in [0.1, 0.15) is 51.0 Å². The zero-order valence-electron chi connectivity index (χ0n) is 19.2. The van der Waals surface area contributed by atoms with Crippen LogP contribution in [0.2, 0.25) is 0 Å². The Labute approximate surface area is 188 Å². The van der Waals surface area contributed by atoms with E-state index in [9.17, 15) is 9.59 Å². The maximum absolute atomic E-state index is 12.8. The van der Waals surface area contributed by atoms with Gasteiger partial charge in [-0.05, 0) is 56.5 Å². The lowest BCUT2D eigenvalue weighted by molar-refractivity contribution is -0.122. The predicted octanol–water partition coefficient (Wildman–Crippen LogP) is 4.16. The largest absolute Gasteiger partial charge is 0.490 e. The molecule has 0 aliphatic carbocycles. The second-order valence-corrected chi connectivity index (χ2v) is 7.76. The van der Waals surface area contributed by atoms with Crippen molar-refractivity contribution in [1.82, 2.24) is 14.9 Å². The summed E-state index contributed by atoms with van der Waals surface area (Å²) >= 11 is 0. The molecule has 32 heavy (non-hydrogen) atoms. The third-order valence-corrected chi connectivity index (χ3v) is 5.12. The average molecular weight is 438 g/mol. The Hall–Kier alpha value is -3.35. The van der Waals surface area contributed by atoms with Gasteiger partial charge >= 0.3 is 0 Å². The van der Waals surface area contributed by atoms with Gasteiger partial charge in [0, 0.05) is 0 Å². The monoisotopic (exact) mass is 437 g/mol. The molecule has 1 heterocycles. The van der Waals surface area contributed by atoms with E-state index in [2.05, 4.69) is 17.2 Å². The fourth-order valence-electron chi connectivity index (χ4n) is 3.43. The quantitative estimate of drug-likeness (QED) is 0.515. The van der Waals surface area contributed by atoms with Crippen molar-refractivity contribution >= 4 is 16.8 Å². The highest BCUT2D eigenvalue weighted by molar-refractivity contribution is 5.79. The van der Waals surface area contributed by atoms with Crippen molar-refractivity contribution in [2.75, 3.05) is 13.2 Å². The molecule has 0 aliphatic rings. The summed E-state index contributed by atoms with van der Waals surface area (Å²) in [5.41, 5.74) is 1.31. The van der Waals surface area contributed by atoms with Crippen molar-refractivity contribution in [3.63, 3.8) is 0 Å². The predicted molar refractivity (Wildman–Crippen MR) is 125 cm³/mol. The molecule has 7 nitrogen and oxygen atoms in total. The van der Waals surface area contributed by atoms with Crippen LogP contribution in [0.5, 0.6) is 11.5 Å². The number of benzene rings is 2. The second-order valence-electron chi connectivity index (χ2n) is 7.76. The van der Waals surface area contributed by atoms with Crippen LogP contribution in [0.25, 0.3) is 10.9 Å². The number of rotatable bonds is 10. The molecule has 3 rings (SSSR count). The van der Waals surface area contributed by atoms with Crippen molar-refractivity contribution in [3.8, 4) is 11.5 Å². The highest BCUT2D eigenvalue weighted by Gasteiger charge is 2.16. The molecule has 0 saturated heterocycles. The molecule has 0 bridgehead atoms. The second kappa shape index (κ2) is 10.8. The third-order valence-electron chi connectivity index (χ3n) is 5.12. The molecule has 0 spiro atoms. The molecule has 3 aromatic rings. The number of amides is 1. The van der Waals surface area contributed by atoms with E-state index in [4.69, 9.17) is 9.47 Å². The molecule has 170 valence electrons. The number of hydrogen-bond donors (Lipinski definition) is 1. The lowest BCUT2D eigenvalue weighted by Crippen LogP contribution is -2.35. The Morgan fingerprint density at radius 3 is 2.47 bits per heavy atom. The molecule has 1 aromatic heterocycles. The Morgan fingerprint density at radius 1 is 1.06 bits per heavy atom. The van der Waals surface area contributed by atoms with Crippen LogP contribution < -0.4 is 20.3 Å². The van der Waals surface area contributed by atoms with E-state index in [0.29, 0.717) is 41.4 Å². The SMILES string of the molecule is CCCOc1ccc(C(C)NC(=O)Cn2c(C)nc3ccccc3c2=O)cc1OCCC. The van der Waals surface area contributed by atoms with E-state index < -0.39 is 0 Å². The van der Waals surface area contributed by atoms with Crippen LogP contribution in [0.3, 0.4) is 0 Å². The average Bonchev–Trinajstić information content (AvgIpc) is 2.79. The summed E-state index contributed by atoms with van der Waals surface area (Å²) in [5, 5.41) is 3.47. The minimum atomic E-state index is -0.267. The van der Waals surface area contributed by atoms with Gasteiger partial charge in [0.25, 0.3) is 5.56 Å². The Bertz CT molecular complexity index is 1140. The topological polar surface area (TPSA) is 82.5 Å². The summed E-state index contributed by atoms with van der Waals surface area (Å²) in [5.74, 6) is 1.61. The van der Waals surface area contributed by atoms with Crippen molar-refractivity contribution in [1.29, 1.82) is 0 Å². The number of aromatic nitrogens is 2. The number of aryl methyl sites for hydroxylation is 1. The van der Waals surface area contributed by atoms with Crippen molar-refractivity contribution in [2.45, 2.75) is 53.1 Å². The van der Waals surface area contributed by atoms with Gasteiger partial charge in [-0.15, -0.1) is 0 Å². The minimum Gasteiger partial charge on any atom is -0.490 e. The van der Waals surface area contributed by atoms with E-state index >= 15 is 0 Å². The first-order chi connectivity index (χ1) is 15.4. The summed E-state index contributed by atoms with van der Waals surface area (Å²) in [4.78, 5) is 30.0. The van der Waals surface area contributed by atoms with Crippen LogP contribution in [-0.2, 0) is 11.3 Å². The lowest BCUT2D eigenvalue weighted by Gasteiger charge is -2.18. The van der Waals surface area contributed by atoms with Crippen molar-refractivity contribution in [2.24, 2.45) is 0 Å². The highest BCUT2D eigenvalue weighted by Crippen LogP contribution is 2.31. The van der Waals surface area contributed by atoms with Gasteiger partial charge in [-0.3, -0.25) is 14.2 Å². The van der Waals surface area contributed by atoms with Gasteiger partial charge in [0.15, 0.2) is 11.5 Å². The van der Waals surface area contributed by atoms with Gasteiger partial charge in [0.2, 0.25) is 5.91 Å². The molecule has 7 heteroatoms. The maximum Gasteiger partial charge on any atom is 0.261 e. The van der Waals surface area contributed by atoms with Gasteiger partial charge in [0.1, 0.15) is 12.4 Å². The maximum atomic E-state index is 12.8. The third kappa shape index (κ3) is 5.46. The number of carbonyl (C=O) groups is 1. The zero-order valence-corrected chi connectivity index (χ0v) is 19.2. The number of nitrogens with zero attached hydrogens (tertiary/aromatic N) is 2. The Morgan fingerprint density at radius 2 is 1.75 bits per heavy atom. The van der Waals surface area contributed by atoms with Crippen LogP contribution in [-0.4, -0.2) is 28.7 Å². The van der Waals surface area contributed by atoms with Gasteiger partial charge in [0.05, 0.1) is 30.2 Å². The van der Waals surface area contributed by atoms with E-state index in [1.807, 2.05) is 38.1 Å². The summed E-state index contributed by atoms with van der Waals surface area (Å²) in [7, 11) is 0. The molecule has 0 fully saturated rings. The molecular weight excluding hydrogens is 406 g/mol. The smallest absolute Gasteiger partial charge is 0.261 e. The molecule has 1 unspecified atom stereocenters. The van der Waals surface area contributed by atoms with Gasteiger partial charge < -0.3 is 14.8 Å². The number of ether oxygens (including phenoxy) is 2. The van der Waals surface area contributed by atoms with Crippen LogP contribution >= 0.6 is 0 Å². The van der Waals surface area contributed by atoms with E-state index in [0.717, 1.165) is 18.4 Å². The summed E-state index contributed by atoms with van der Waals surface area (Å²) < 4.78 is 13.0. The summed E-state index contributed by atoms with van der Waals surface area (Å²) in [6, 6.07) is 12.6. The standard InChI is InChI=1S/C25H31N3O4/c1-5-13-31-22-12-11-19(15-23(22)32-14-6-2)17(3)26-24(29)16-28-18(4)27-21-10-8-7-9-20(21)25(28)30/h7-12,15,17H,5-6,13-14,16H2,1-4H3,(H,26,29). The van der Waals surface area contributed by atoms with Crippen molar-refractivity contribution in [3.05, 3.63) is 64.2 Å². The first kappa shape index (κ1) is 23.3. The lowest BCUT2D eigenvalue weighted by atomic mass is 10.1. The van der Waals surface area contributed by atoms with Gasteiger partial charge in [-0.25, -0.2) is 4.98 Å². The molecule has 0 radical (unpaired) electrons. The molecule has 1 atom stereocenters. The Kier molecular flexibility index (Phi) is 7.87. The van der Waals surface area contributed by atoms with Gasteiger partial charge in [-0.2, -0.15) is 0 Å². The normalized spacial score (nSPS) is 11.9. The number of nitrogens with one attached hydrogen (secondary N) is 1. The van der Waals surface area contributed by atoms with Gasteiger partial charge in [-0.1, -0.05) is 32.0 Å². The van der Waals surface area contributed by atoms with E-state index in [-0.39, 0.29) is 24.1 Å². The van der Waals surface area contributed by atoms with Crippen LogP contribution in [0, 0.1) is 6.92 Å². The number of fused-ring (bicyclic) bond motifs is 1. The first-order valence-corrected chi connectivity index (χ1v) is 11.1. The number of hydrogen-bond acceptors (Lipinski definition) is 5. The van der Waals surface area contributed by atoms with E-state index in [1.54, 1.807) is 25.1 Å². The zero-order chi connectivity index (χ0) is 23.1.